The summed E-state index contributed by atoms with van der Waals surface area (Å²) in [7, 11) is 1.91. The molecule has 0 bridgehead atoms. The van der Waals surface area contributed by atoms with E-state index in [1.807, 2.05) is 7.05 Å². The molecular weight excluding hydrogens is 186 g/mol. The van der Waals surface area contributed by atoms with Gasteiger partial charge in [-0.15, -0.1) is 0 Å². The highest BCUT2D eigenvalue weighted by molar-refractivity contribution is 5.35. The summed E-state index contributed by atoms with van der Waals surface area (Å²) >= 11 is 0. The molecule has 0 saturated heterocycles. The summed E-state index contributed by atoms with van der Waals surface area (Å²) in [5.74, 6) is 1.67. The minimum Gasteiger partial charge on any atom is -0.372 e. The van der Waals surface area contributed by atoms with Gasteiger partial charge >= 0.3 is 0 Å². The molecule has 1 fully saturated rings. The van der Waals surface area contributed by atoms with Crippen LogP contribution >= 0.6 is 0 Å². The lowest BCUT2D eigenvalue weighted by molar-refractivity contribution is 0.449. The minimum atomic E-state index is 0.708. The molecule has 3 nitrogen and oxygen atoms in total. The number of hydrogen-bond donors (Lipinski definition) is 2. The fourth-order valence-electron chi connectivity index (χ4n) is 2.44. The highest BCUT2D eigenvalue weighted by atomic mass is 15.2. The first-order chi connectivity index (χ1) is 7.40. The van der Waals surface area contributed by atoms with Crippen LogP contribution in [0.25, 0.3) is 0 Å². The van der Waals surface area contributed by atoms with Crippen molar-refractivity contribution in [2.45, 2.75) is 50.9 Å². The van der Waals surface area contributed by atoms with Gasteiger partial charge in [0.1, 0.15) is 5.82 Å². The molecule has 0 unspecified atom stereocenters. The van der Waals surface area contributed by atoms with Gasteiger partial charge in [-0.3, -0.25) is 5.10 Å². The summed E-state index contributed by atoms with van der Waals surface area (Å²) in [6, 6.07) is 2.16. The third-order valence-corrected chi connectivity index (χ3v) is 3.40. The molecule has 84 valence electrons. The number of nitrogens with zero attached hydrogens (tertiary/aromatic N) is 1. The zero-order chi connectivity index (χ0) is 10.5. The van der Waals surface area contributed by atoms with Gasteiger partial charge in [0.25, 0.3) is 0 Å². The first-order valence-electron chi connectivity index (χ1n) is 6.13. The number of aromatic nitrogens is 2. The quantitative estimate of drug-likeness (QED) is 0.781. The molecule has 1 aliphatic carbocycles. The van der Waals surface area contributed by atoms with Crippen LogP contribution in [0.2, 0.25) is 0 Å². The molecule has 0 aromatic carbocycles. The zero-order valence-electron chi connectivity index (χ0n) is 9.55. The Kier molecular flexibility index (Phi) is 3.64. The van der Waals surface area contributed by atoms with Crippen molar-refractivity contribution in [2.75, 3.05) is 12.4 Å². The largest absolute Gasteiger partial charge is 0.372 e. The van der Waals surface area contributed by atoms with Crippen LogP contribution in [-0.2, 0) is 0 Å². The molecule has 1 heterocycles. The Morgan fingerprint density at radius 2 is 1.87 bits per heavy atom. The average Bonchev–Trinajstić information content (AvgIpc) is 2.65. The minimum absolute atomic E-state index is 0.708. The third-order valence-electron chi connectivity index (χ3n) is 3.40. The van der Waals surface area contributed by atoms with Crippen LogP contribution < -0.4 is 5.32 Å². The Morgan fingerprint density at radius 1 is 1.20 bits per heavy atom. The Labute approximate surface area is 91.7 Å². The molecule has 2 N–H and O–H groups in total. The number of hydrogen-bond acceptors (Lipinski definition) is 2. The maximum atomic E-state index is 4.23. The Hall–Kier alpha value is -0.990. The molecule has 0 spiro atoms. The summed E-state index contributed by atoms with van der Waals surface area (Å²) in [6.45, 7) is 0. The molecule has 2 rings (SSSR count). The fourth-order valence-corrected chi connectivity index (χ4v) is 2.44. The first-order valence-corrected chi connectivity index (χ1v) is 6.13. The van der Waals surface area contributed by atoms with E-state index >= 15 is 0 Å². The maximum absolute atomic E-state index is 4.23. The van der Waals surface area contributed by atoms with E-state index in [0.717, 1.165) is 5.82 Å². The van der Waals surface area contributed by atoms with E-state index in [-0.39, 0.29) is 0 Å². The molecule has 1 aromatic heterocycles. The molecule has 3 heteroatoms. The van der Waals surface area contributed by atoms with Crippen molar-refractivity contribution in [3.8, 4) is 0 Å². The lowest BCUT2D eigenvalue weighted by Crippen LogP contribution is -2.02. The van der Waals surface area contributed by atoms with E-state index in [4.69, 9.17) is 0 Å². The van der Waals surface area contributed by atoms with Crippen molar-refractivity contribution in [1.29, 1.82) is 0 Å². The summed E-state index contributed by atoms with van der Waals surface area (Å²) in [4.78, 5) is 0. The maximum Gasteiger partial charge on any atom is 0.147 e. The smallest absolute Gasteiger partial charge is 0.147 e. The predicted octanol–water partition coefficient (Wildman–Crippen LogP) is 3.28. The van der Waals surface area contributed by atoms with Crippen molar-refractivity contribution in [3.05, 3.63) is 11.8 Å². The highest BCUT2D eigenvalue weighted by Gasteiger charge is 2.15. The van der Waals surface area contributed by atoms with E-state index in [2.05, 4.69) is 21.6 Å². The van der Waals surface area contributed by atoms with E-state index in [0.29, 0.717) is 5.92 Å². The molecule has 0 amide bonds. The monoisotopic (exact) mass is 207 g/mol. The Morgan fingerprint density at radius 3 is 2.47 bits per heavy atom. The number of anilines is 1. The normalized spacial score (nSPS) is 19.5. The van der Waals surface area contributed by atoms with Gasteiger partial charge in [-0.25, -0.2) is 0 Å². The average molecular weight is 207 g/mol. The van der Waals surface area contributed by atoms with Crippen LogP contribution in [0.15, 0.2) is 6.07 Å². The zero-order valence-corrected chi connectivity index (χ0v) is 9.55. The molecule has 1 aliphatic rings. The summed E-state index contributed by atoms with van der Waals surface area (Å²) < 4.78 is 0. The summed E-state index contributed by atoms with van der Waals surface area (Å²) in [6.07, 6.45) is 9.64. The highest BCUT2D eigenvalue weighted by Crippen LogP contribution is 2.30. The number of H-pyrrole nitrogens is 1. The van der Waals surface area contributed by atoms with Crippen molar-refractivity contribution >= 4 is 5.82 Å². The summed E-state index contributed by atoms with van der Waals surface area (Å²) in [5.41, 5.74) is 1.32. The third kappa shape index (κ3) is 2.74. The predicted molar refractivity (Wildman–Crippen MR) is 63.2 cm³/mol. The van der Waals surface area contributed by atoms with Crippen LogP contribution in [0.5, 0.6) is 0 Å². The molecule has 0 aliphatic heterocycles. The number of aromatic amines is 1. The van der Waals surface area contributed by atoms with E-state index in [1.165, 1.54) is 50.6 Å². The van der Waals surface area contributed by atoms with Crippen molar-refractivity contribution in [3.63, 3.8) is 0 Å². The van der Waals surface area contributed by atoms with Gasteiger partial charge in [0.15, 0.2) is 0 Å². The Balaban J connectivity index is 2.00. The van der Waals surface area contributed by atoms with Gasteiger partial charge in [-0.05, 0) is 12.8 Å². The number of rotatable bonds is 2. The second-order valence-corrected chi connectivity index (χ2v) is 4.50. The first kappa shape index (κ1) is 10.5. The lowest BCUT2D eigenvalue weighted by Gasteiger charge is -2.17. The molecular formula is C12H21N3. The standard InChI is InChI=1S/C12H21N3/c1-13-12-9-11(14-15-12)10-7-5-3-2-4-6-8-10/h9-10H,2-8H2,1H3,(H2,13,14,15). The van der Waals surface area contributed by atoms with Crippen LogP contribution in [0.1, 0.15) is 56.6 Å². The van der Waals surface area contributed by atoms with Crippen molar-refractivity contribution < 1.29 is 0 Å². The second-order valence-electron chi connectivity index (χ2n) is 4.50. The van der Waals surface area contributed by atoms with E-state index in [1.54, 1.807) is 0 Å². The molecule has 1 aromatic rings. The van der Waals surface area contributed by atoms with Crippen molar-refractivity contribution in [1.82, 2.24) is 10.2 Å². The van der Waals surface area contributed by atoms with Crippen LogP contribution in [0, 0.1) is 0 Å². The van der Waals surface area contributed by atoms with E-state index in [9.17, 15) is 0 Å². The van der Waals surface area contributed by atoms with Gasteiger partial charge < -0.3 is 5.32 Å². The fraction of sp³-hybridized carbons (Fsp3) is 0.750. The van der Waals surface area contributed by atoms with Crippen LogP contribution in [0.4, 0.5) is 5.82 Å². The molecule has 0 radical (unpaired) electrons. The molecule has 15 heavy (non-hydrogen) atoms. The second kappa shape index (κ2) is 5.19. The van der Waals surface area contributed by atoms with Crippen LogP contribution in [-0.4, -0.2) is 17.2 Å². The van der Waals surface area contributed by atoms with Crippen molar-refractivity contribution in [2.24, 2.45) is 0 Å². The van der Waals surface area contributed by atoms with Gasteiger partial charge in [0.05, 0.1) is 0 Å². The SMILES string of the molecule is CNc1cc(C2CCCCCCC2)[nH]n1. The van der Waals surface area contributed by atoms with Crippen LogP contribution in [0.3, 0.4) is 0 Å². The van der Waals surface area contributed by atoms with Gasteiger partial charge in [-0.1, -0.05) is 32.1 Å². The number of nitrogens with one attached hydrogen (secondary N) is 2. The Bertz CT molecular complexity index is 285. The van der Waals surface area contributed by atoms with Gasteiger partial charge in [-0.2, -0.15) is 5.10 Å². The van der Waals surface area contributed by atoms with Gasteiger partial charge in [0.2, 0.25) is 0 Å². The topological polar surface area (TPSA) is 40.7 Å². The molecule has 1 saturated carbocycles. The molecule has 0 atom stereocenters. The lowest BCUT2D eigenvalue weighted by atomic mass is 9.89. The van der Waals surface area contributed by atoms with Gasteiger partial charge in [0, 0.05) is 24.7 Å². The summed E-state index contributed by atoms with van der Waals surface area (Å²) in [5, 5.41) is 10.5. The van der Waals surface area contributed by atoms with E-state index < -0.39 is 0 Å².